The summed E-state index contributed by atoms with van der Waals surface area (Å²) in [6, 6.07) is 3.94. The van der Waals surface area contributed by atoms with E-state index in [2.05, 4.69) is 35.3 Å². The summed E-state index contributed by atoms with van der Waals surface area (Å²) >= 11 is 0. The van der Waals surface area contributed by atoms with Crippen molar-refractivity contribution in [2.45, 2.75) is 46.6 Å². The van der Waals surface area contributed by atoms with Crippen LogP contribution in [-0.2, 0) is 6.54 Å². The van der Waals surface area contributed by atoms with E-state index in [1.807, 2.05) is 24.7 Å². The summed E-state index contributed by atoms with van der Waals surface area (Å²) in [6.07, 6.45) is 7.45. The summed E-state index contributed by atoms with van der Waals surface area (Å²) in [5, 5.41) is 0. The van der Waals surface area contributed by atoms with Gasteiger partial charge in [0.15, 0.2) is 5.65 Å². The molecule has 0 unspecified atom stereocenters. The molecule has 0 saturated heterocycles. The number of rotatable bonds is 4. The van der Waals surface area contributed by atoms with Crippen LogP contribution in [0, 0.1) is 5.41 Å². The van der Waals surface area contributed by atoms with Gasteiger partial charge < -0.3 is 4.57 Å². The first-order chi connectivity index (χ1) is 8.06. The van der Waals surface area contributed by atoms with Crippen molar-refractivity contribution < 1.29 is 0 Å². The zero-order chi connectivity index (χ0) is 12.3. The van der Waals surface area contributed by atoms with Crippen LogP contribution in [0.4, 0.5) is 0 Å². The minimum atomic E-state index is 0.440. The maximum atomic E-state index is 4.37. The number of fused-ring (bicyclic) bond motifs is 1. The highest BCUT2D eigenvalue weighted by molar-refractivity contribution is 5.69. The van der Waals surface area contributed by atoms with Crippen molar-refractivity contribution in [3.63, 3.8) is 0 Å². The number of nitrogens with zero attached hydrogens (tertiary/aromatic N) is 3. The number of hydrogen-bond donors (Lipinski definition) is 0. The first-order valence-corrected chi connectivity index (χ1v) is 6.32. The van der Waals surface area contributed by atoms with Crippen molar-refractivity contribution >= 4 is 11.2 Å². The van der Waals surface area contributed by atoms with Crippen LogP contribution < -0.4 is 0 Å². The van der Waals surface area contributed by atoms with E-state index in [0.717, 1.165) is 17.7 Å². The van der Waals surface area contributed by atoms with E-state index in [4.69, 9.17) is 0 Å². The Kier molecular flexibility index (Phi) is 3.46. The van der Waals surface area contributed by atoms with Crippen LogP contribution in [0.1, 0.15) is 40.0 Å². The fourth-order valence-corrected chi connectivity index (χ4v) is 2.00. The summed E-state index contributed by atoms with van der Waals surface area (Å²) in [6.45, 7) is 7.90. The van der Waals surface area contributed by atoms with Gasteiger partial charge in [-0.3, -0.25) is 0 Å². The van der Waals surface area contributed by atoms with E-state index < -0.39 is 0 Å². The highest BCUT2D eigenvalue weighted by Crippen LogP contribution is 2.22. The van der Waals surface area contributed by atoms with Crippen molar-refractivity contribution in [3.05, 3.63) is 24.7 Å². The van der Waals surface area contributed by atoms with Gasteiger partial charge in [0.2, 0.25) is 0 Å². The topological polar surface area (TPSA) is 30.7 Å². The average Bonchev–Trinajstić information content (AvgIpc) is 2.67. The van der Waals surface area contributed by atoms with Crippen LogP contribution in [0.3, 0.4) is 0 Å². The average molecular weight is 231 g/mol. The minimum Gasteiger partial charge on any atom is -0.315 e. The van der Waals surface area contributed by atoms with Gasteiger partial charge in [0.25, 0.3) is 0 Å². The molecule has 2 aromatic rings. The molecule has 0 aromatic carbocycles. The summed E-state index contributed by atoms with van der Waals surface area (Å²) in [4.78, 5) is 8.72. The number of aryl methyl sites for hydroxylation is 1. The number of pyridine rings is 1. The fraction of sp³-hybridized carbons (Fsp3) is 0.571. The van der Waals surface area contributed by atoms with Gasteiger partial charge in [-0.1, -0.05) is 27.2 Å². The molecule has 3 heteroatoms. The van der Waals surface area contributed by atoms with Gasteiger partial charge in [-0.2, -0.15) is 0 Å². The molecule has 0 aliphatic heterocycles. The largest absolute Gasteiger partial charge is 0.315 e. The molecule has 3 nitrogen and oxygen atoms in total. The third kappa shape index (κ3) is 3.29. The van der Waals surface area contributed by atoms with Gasteiger partial charge in [0, 0.05) is 12.7 Å². The first-order valence-electron chi connectivity index (χ1n) is 6.32. The zero-order valence-electron chi connectivity index (χ0n) is 11.0. The standard InChI is InChI=1S/C14H21N3/c1-14(2,3)8-4-5-10-17-11-16-12-7-6-9-15-13(12)17/h6-7,9,11H,4-5,8,10H2,1-3H3. The first kappa shape index (κ1) is 12.1. The predicted octanol–water partition coefficient (Wildman–Crippen LogP) is 3.65. The van der Waals surface area contributed by atoms with Crippen LogP contribution in [0.2, 0.25) is 0 Å². The normalized spacial score (nSPS) is 12.2. The van der Waals surface area contributed by atoms with Crippen molar-refractivity contribution in [1.29, 1.82) is 0 Å². The Bertz CT molecular complexity index is 479. The van der Waals surface area contributed by atoms with Gasteiger partial charge in [-0.25, -0.2) is 9.97 Å². The van der Waals surface area contributed by atoms with Gasteiger partial charge in [0.05, 0.1) is 6.33 Å². The fourth-order valence-electron chi connectivity index (χ4n) is 2.00. The van der Waals surface area contributed by atoms with E-state index in [1.165, 1.54) is 19.3 Å². The molecule has 0 atom stereocenters. The Morgan fingerprint density at radius 1 is 1.18 bits per heavy atom. The second-order valence-corrected chi connectivity index (χ2v) is 5.80. The van der Waals surface area contributed by atoms with Gasteiger partial charge in [-0.05, 0) is 30.4 Å². The third-order valence-electron chi connectivity index (χ3n) is 2.95. The lowest BCUT2D eigenvalue weighted by molar-refractivity contribution is 0.355. The molecule has 0 aliphatic carbocycles. The Morgan fingerprint density at radius 2 is 2.00 bits per heavy atom. The van der Waals surface area contributed by atoms with Crippen LogP contribution >= 0.6 is 0 Å². The summed E-state index contributed by atoms with van der Waals surface area (Å²) < 4.78 is 2.15. The van der Waals surface area contributed by atoms with E-state index in [-0.39, 0.29) is 0 Å². The molecule has 17 heavy (non-hydrogen) atoms. The van der Waals surface area contributed by atoms with Crippen molar-refractivity contribution in [1.82, 2.24) is 14.5 Å². The molecule has 0 amide bonds. The number of unbranched alkanes of at least 4 members (excludes halogenated alkanes) is 1. The summed E-state index contributed by atoms with van der Waals surface area (Å²) in [5.74, 6) is 0. The Labute approximate surface area is 103 Å². The van der Waals surface area contributed by atoms with Crippen LogP contribution in [0.15, 0.2) is 24.7 Å². The molecule has 0 fully saturated rings. The Morgan fingerprint density at radius 3 is 2.76 bits per heavy atom. The lowest BCUT2D eigenvalue weighted by atomic mass is 9.90. The smallest absolute Gasteiger partial charge is 0.159 e. The van der Waals surface area contributed by atoms with E-state index >= 15 is 0 Å². The molecular weight excluding hydrogens is 210 g/mol. The number of aromatic nitrogens is 3. The van der Waals surface area contributed by atoms with E-state index in [9.17, 15) is 0 Å². The molecule has 2 rings (SSSR count). The van der Waals surface area contributed by atoms with Crippen molar-refractivity contribution in [2.75, 3.05) is 0 Å². The monoisotopic (exact) mass is 231 g/mol. The molecule has 0 spiro atoms. The maximum absolute atomic E-state index is 4.37. The lowest BCUT2D eigenvalue weighted by Gasteiger charge is -2.17. The number of imidazole rings is 1. The van der Waals surface area contributed by atoms with Crippen molar-refractivity contribution in [3.8, 4) is 0 Å². The second-order valence-electron chi connectivity index (χ2n) is 5.80. The second kappa shape index (κ2) is 4.86. The molecule has 0 N–H and O–H groups in total. The van der Waals surface area contributed by atoms with Crippen LogP contribution in [0.25, 0.3) is 11.2 Å². The maximum Gasteiger partial charge on any atom is 0.159 e. The van der Waals surface area contributed by atoms with Crippen LogP contribution in [0.5, 0.6) is 0 Å². The van der Waals surface area contributed by atoms with Crippen molar-refractivity contribution in [2.24, 2.45) is 5.41 Å². The lowest BCUT2D eigenvalue weighted by Crippen LogP contribution is -2.05. The zero-order valence-corrected chi connectivity index (χ0v) is 11.0. The van der Waals surface area contributed by atoms with E-state index in [1.54, 1.807) is 0 Å². The molecule has 92 valence electrons. The molecule has 0 radical (unpaired) electrons. The van der Waals surface area contributed by atoms with Gasteiger partial charge >= 0.3 is 0 Å². The minimum absolute atomic E-state index is 0.440. The van der Waals surface area contributed by atoms with Gasteiger partial charge in [0.1, 0.15) is 5.52 Å². The Balaban J connectivity index is 1.91. The third-order valence-corrected chi connectivity index (χ3v) is 2.95. The molecule has 0 bridgehead atoms. The number of hydrogen-bond acceptors (Lipinski definition) is 2. The molecule has 2 heterocycles. The van der Waals surface area contributed by atoms with Gasteiger partial charge in [-0.15, -0.1) is 0 Å². The highest BCUT2D eigenvalue weighted by Gasteiger charge is 2.09. The Hall–Kier alpha value is -1.38. The quantitative estimate of drug-likeness (QED) is 0.752. The molecular formula is C14H21N3. The molecule has 0 aliphatic rings. The predicted molar refractivity (Wildman–Crippen MR) is 70.8 cm³/mol. The highest BCUT2D eigenvalue weighted by atomic mass is 15.1. The van der Waals surface area contributed by atoms with E-state index in [0.29, 0.717) is 5.41 Å². The molecule has 0 saturated carbocycles. The van der Waals surface area contributed by atoms with Crippen LogP contribution in [-0.4, -0.2) is 14.5 Å². The summed E-state index contributed by atoms with van der Waals surface area (Å²) in [5.41, 5.74) is 2.43. The SMILES string of the molecule is CC(C)(C)CCCCn1cnc2cccnc21. The molecule has 2 aromatic heterocycles. The summed E-state index contributed by atoms with van der Waals surface area (Å²) in [7, 11) is 0.